The molecule has 0 aliphatic carbocycles. The van der Waals surface area contributed by atoms with Gasteiger partial charge in [0, 0.05) is 0 Å². The second kappa shape index (κ2) is 3.42. The van der Waals surface area contributed by atoms with E-state index in [4.69, 9.17) is 26.2 Å². The van der Waals surface area contributed by atoms with Crippen LogP contribution in [0.1, 0.15) is 0 Å². The molecule has 0 amide bonds. The molecule has 0 aromatic carbocycles. The van der Waals surface area contributed by atoms with Gasteiger partial charge in [0.15, 0.2) is 6.29 Å². The molecule has 7 N–H and O–H groups in total. The Balaban J connectivity index is 2.96. The van der Waals surface area contributed by atoms with Gasteiger partial charge in [0.1, 0.15) is 18.3 Å². The maximum atomic E-state index is 10.6. The summed E-state index contributed by atoms with van der Waals surface area (Å²) in [5.41, 5.74) is 2.46. The van der Waals surface area contributed by atoms with Gasteiger partial charge < -0.3 is 30.3 Å². The fraction of sp³-hybridized carbons (Fsp3) is 0.833. The van der Waals surface area contributed by atoms with Crippen molar-refractivity contribution in [2.24, 2.45) is 5.73 Å². The lowest BCUT2D eigenvalue weighted by Gasteiger charge is -2.42. The minimum Gasteiger partial charge on any atom is -0.478 e. The highest BCUT2D eigenvalue weighted by Gasteiger charge is 2.55. The number of carboxylic acid groups (broad SMARTS) is 1. The molecular weight excluding hydrogens is 198 g/mol. The largest absolute Gasteiger partial charge is 0.478 e. The van der Waals surface area contributed by atoms with Gasteiger partial charge in [0.05, 0.1) is 0 Å². The van der Waals surface area contributed by atoms with Crippen LogP contribution in [0.15, 0.2) is 0 Å². The smallest absolute Gasteiger partial charge is 0.354 e. The number of hydrogen-bond donors (Lipinski definition) is 6. The predicted molar refractivity (Wildman–Crippen MR) is 39.7 cm³/mol. The first kappa shape index (κ1) is 11.3. The summed E-state index contributed by atoms with van der Waals surface area (Å²) in [4.78, 5) is 10.6. The van der Waals surface area contributed by atoms with E-state index in [9.17, 15) is 9.90 Å². The van der Waals surface area contributed by atoms with Crippen molar-refractivity contribution in [3.05, 3.63) is 0 Å². The molecule has 5 atom stereocenters. The Labute approximate surface area is 78.1 Å². The summed E-state index contributed by atoms with van der Waals surface area (Å²) in [6.45, 7) is 0. The molecule has 1 aliphatic rings. The third kappa shape index (κ3) is 1.47. The summed E-state index contributed by atoms with van der Waals surface area (Å²) >= 11 is 0. The number of rotatable bonds is 1. The van der Waals surface area contributed by atoms with Crippen LogP contribution in [0.5, 0.6) is 0 Å². The molecule has 0 radical (unpaired) electrons. The minimum atomic E-state index is -2.63. The molecular formula is C6H11NO7. The lowest BCUT2D eigenvalue weighted by Crippen LogP contribution is -2.71. The van der Waals surface area contributed by atoms with Crippen molar-refractivity contribution in [3.63, 3.8) is 0 Å². The maximum Gasteiger partial charge on any atom is 0.354 e. The van der Waals surface area contributed by atoms with Crippen LogP contribution < -0.4 is 5.73 Å². The number of aliphatic hydroxyl groups excluding tert-OH is 4. The quantitative estimate of drug-likeness (QED) is 0.256. The van der Waals surface area contributed by atoms with Crippen LogP contribution in [0.25, 0.3) is 0 Å². The van der Waals surface area contributed by atoms with Gasteiger partial charge in [-0.1, -0.05) is 0 Å². The standard InChI is InChI=1S/C6H11NO7/c7-6(5(12)13)3(10)1(8)2(9)4(11)14-6/h1-4,8-11H,7H2,(H,12,13)/t1-,2-,3+,4-,6+/m1/s1. The van der Waals surface area contributed by atoms with E-state index in [1.807, 2.05) is 0 Å². The van der Waals surface area contributed by atoms with Gasteiger partial charge in [-0.3, -0.25) is 5.73 Å². The molecule has 82 valence electrons. The van der Waals surface area contributed by atoms with Gasteiger partial charge in [-0.25, -0.2) is 4.79 Å². The van der Waals surface area contributed by atoms with E-state index in [0.29, 0.717) is 0 Å². The molecule has 0 saturated carbocycles. The Morgan fingerprint density at radius 2 is 1.71 bits per heavy atom. The van der Waals surface area contributed by atoms with Crippen LogP contribution >= 0.6 is 0 Å². The van der Waals surface area contributed by atoms with E-state index in [1.165, 1.54) is 0 Å². The minimum absolute atomic E-state index is 1.75. The van der Waals surface area contributed by atoms with Crippen molar-refractivity contribution in [1.82, 2.24) is 0 Å². The highest BCUT2D eigenvalue weighted by atomic mass is 16.7. The van der Waals surface area contributed by atoms with Gasteiger partial charge in [0.25, 0.3) is 0 Å². The first-order valence-corrected chi connectivity index (χ1v) is 3.73. The van der Waals surface area contributed by atoms with Crippen molar-refractivity contribution < 1.29 is 35.1 Å². The Hall–Kier alpha value is -0.770. The van der Waals surface area contributed by atoms with Crippen molar-refractivity contribution in [2.75, 3.05) is 0 Å². The third-order valence-corrected chi connectivity index (χ3v) is 2.05. The Morgan fingerprint density at radius 1 is 1.21 bits per heavy atom. The molecule has 0 spiro atoms. The molecule has 1 aliphatic heterocycles. The molecule has 0 aromatic rings. The van der Waals surface area contributed by atoms with E-state index in [-0.39, 0.29) is 0 Å². The number of aliphatic carboxylic acids is 1. The fourth-order valence-corrected chi connectivity index (χ4v) is 1.13. The number of aliphatic hydroxyl groups is 4. The number of carboxylic acids is 1. The molecule has 8 heteroatoms. The average Bonchev–Trinajstić information content (AvgIpc) is 2.11. The molecule has 8 nitrogen and oxygen atoms in total. The third-order valence-electron chi connectivity index (χ3n) is 2.05. The topological polar surface area (TPSA) is 153 Å². The highest BCUT2D eigenvalue weighted by molar-refractivity contribution is 5.77. The Morgan fingerprint density at radius 3 is 2.14 bits per heavy atom. The summed E-state index contributed by atoms with van der Waals surface area (Å²) in [6, 6.07) is 0. The zero-order chi connectivity index (χ0) is 11.1. The average molecular weight is 209 g/mol. The van der Waals surface area contributed by atoms with Crippen molar-refractivity contribution in [2.45, 2.75) is 30.3 Å². The van der Waals surface area contributed by atoms with Crippen LogP contribution in [0.3, 0.4) is 0 Å². The summed E-state index contributed by atoms with van der Waals surface area (Å²) in [7, 11) is 0. The molecule has 1 saturated heterocycles. The van der Waals surface area contributed by atoms with Gasteiger partial charge in [-0.15, -0.1) is 0 Å². The van der Waals surface area contributed by atoms with E-state index >= 15 is 0 Å². The first-order chi connectivity index (χ1) is 6.30. The molecule has 14 heavy (non-hydrogen) atoms. The highest BCUT2D eigenvalue weighted by Crippen LogP contribution is 2.25. The van der Waals surface area contributed by atoms with E-state index in [2.05, 4.69) is 4.74 Å². The van der Waals surface area contributed by atoms with Crippen LogP contribution in [-0.2, 0) is 9.53 Å². The number of carbonyl (C=O) groups is 1. The fourth-order valence-electron chi connectivity index (χ4n) is 1.13. The van der Waals surface area contributed by atoms with Crippen molar-refractivity contribution >= 4 is 5.97 Å². The summed E-state index contributed by atoms with van der Waals surface area (Å²) in [5.74, 6) is -1.75. The van der Waals surface area contributed by atoms with Gasteiger partial charge in [-0.05, 0) is 0 Å². The second-order valence-corrected chi connectivity index (χ2v) is 3.03. The summed E-state index contributed by atoms with van der Waals surface area (Å²) in [6.07, 6.45) is -7.69. The van der Waals surface area contributed by atoms with E-state index in [0.717, 1.165) is 0 Å². The SMILES string of the molecule is N[C@]1(C(=O)O)O[C@@H](O)[C@H](O)[C@@H](O)[C@@H]1O. The van der Waals surface area contributed by atoms with Crippen LogP contribution in [0, 0.1) is 0 Å². The number of hydrogen-bond acceptors (Lipinski definition) is 7. The van der Waals surface area contributed by atoms with Crippen molar-refractivity contribution in [3.8, 4) is 0 Å². The number of ether oxygens (including phenoxy) is 1. The molecule has 0 aromatic heterocycles. The maximum absolute atomic E-state index is 10.6. The zero-order valence-corrected chi connectivity index (χ0v) is 6.94. The van der Waals surface area contributed by atoms with Crippen LogP contribution in [0.4, 0.5) is 0 Å². The van der Waals surface area contributed by atoms with E-state index < -0.39 is 36.3 Å². The van der Waals surface area contributed by atoms with Crippen LogP contribution in [-0.4, -0.2) is 61.8 Å². The van der Waals surface area contributed by atoms with E-state index in [1.54, 1.807) is 0 Å². The molecule has 0 bridgehead atoms. The van der Waals surface area contributed by atoms with Crippen molar-refractivity contribution in [1.29, 1.82) is 0 Å². The second-order valence-electron chi connectivity index (χ2n) is 3.03. The number of nitrogens with two attached hydrogens (primary N) is 1. The first-order valence-electron chi connectivity index (χ1n) is 3.73. The lowest BCUT2D eigenvalue weighted by molar-refractivity contribution is -0.313. The van der Waals surface area contributed by atoms with Crippen LogP contribution in [0.2, 0.25) is 0 Å². The van der Waals surface area contributed by atoms with Gasteiger partial charge in [-0.2, -0.15) is 0 Å². The Kier molecular flexibility index (Phi) is 2.76. The zero-order valence-electron chi connectivity index (χ0n) is 6.94. The molecule has 1 fully saturated rings. The monoisotopic (exact) mass is 209 g/mol. The summed E-state index contributed by atoms with van der Waals surface area (Å²) < 4.78 is 4.30. The lowest BCUT2D eigenvalue weighted by atomic mass is 9.94. The molecule has 1 rings (SSSR count). The molecule has 0 unspecified atom stereocenters. The Bertz CT molecular complexity index is 246. The van der Waals surface area contributed by atoms with Gasteiger partial charge >= 0.3 is 5.97 Å². The predicted octanol–water partition coefficient (Wildman–Crippen LogP) is -3.84. The summed E-state index contributed by atoms with van der Waals surface area (Å²) in [5, 5.41) is 44.9. The molecule has 1 heterocycles. The normalized spacial score (nSPS) is 48.9. The van der Waals surface area contributed by atoms with Gasteiger partial charge in [0.2, 0.25) is 5.72 Å².